The van der Waals surface area contributed by atoms with Crippen LogP contribution in [-0.4, -0.2) is 22.6 Å². The molecule has 0 bridgehead atoms. The van der Waals surface area contributed by atoms with Crippen LogP contribution in [0.2, 0.25) is 0 Å². The standard InChI is InChI=1S/C11H16N2O2/c14-10(15)11(3-1-4-11)8-13-7-9-2-5-12-6-9/h2,5-6,12-13H,1,3-4,7-8H2,(H,14,15). The zero-order valence-electron chi connectivity index (χ0n) is 8.62. The summed E-state index contributed by atoms with van der Waals surface area (Å²) in [6, 6.07) is 1.99. The van der Waals surface area contributed by atoms with Gasteiger partial charge in [0, 0.05) is 25.5 Å². The van der Waals surface area contributed by atoms with E-state index in [0.29, 0.717) is 6.54 Å². The molecule has 0 atom stereocenters. The third kappa shape index (κ3) is 2.04. The molecule has 1 aliphatic rings. The maximum atomic E-state index is 11.0. The fourth-order valence-corrected chi connectivity index (χ4v) is 1.98. The first kappa shape index (κ1) is 10.2. The Hall–Kier alpha value is -1.29. The number of aromatic amines is 1. The van der Waals surface area contributed by atoms with Crippen molar-refractivity contribution in [3.05, 3.63) is 24.0 Å². The molecule has 82 valence electrons. The van der Waals surface area contributed by atoms with Gasteiger partial charge in [-0.2, -0.15) is 0 Å². The Balaban J connectivity index is 1.80. The lowest BCUT2D eigenvalue weighted by Crippen LogP contribution is -2.45. The molecule has 1 aromatic rings. The first-order chi connectivity index (χ1) is 7.23. The Kier molecular flexibility index (Phi) is 2.77. The molecule has 0 spiro atoms. The quantitative estimate of drug-likeness (QED) is 0.684. The highest BCUT2D eigenvalue weighted by Crippen LogP contribution is 2.40. The second-order valence-corrected chi connectivity index (χ2v) is 4.26. The van der Waals surface area contributed by atoms with Gasteiger partial charge in [-0.1, -0.05) is 6.42 Å². The largest absolute Gasteiger partial charge is 0.481 e. The van der Waals surface area contributed by atoms with E-state index in [-0.39, 0.29) is 0 Å². The van der Waals surface area contributed by atoms with Crippen molar-refractivity contribution in [2.24, 2.45) is 5.41 Å². The average Bonchev–Trinajstić information content (AvgIpc) is 2.61. The molecule has 15 heavy (non-hydrogen) atoms. The van der Waals surface area contributed by atoms with Crippen molar-refractivity contribution in [2.45, 2.75) is 25.8 Å². The van der Waals surface area contributed by atoms with Gasteiger partial charge >= 0.3 is 5.97 Å². The molecule has 1 fully saturated rings. The molecule has 3 N–H and O–H groups in total. The minimum absolute atomic E-state index is 0.490. The van der Waals surface area contributed by atoms with Crippen molar-refractivity contribution >= 4 is 5.97 Å². The summed E-state index contributed by atoms with van der Waals surface area (Å²) < 4.78 is 0. The lowest BCUT2D eigenvalue weighted by Gasteiger charge is -2.37. The van der Waals surface area contributed by atoms with Gasteiger partial charge < -0.3 is 15.4 Å². The van der Waals surface area contributed by atoms with Gasteiger partial charge in [-0.3, -0.25) is 4.79 Å². The number of carboxylic acid groups (broad SMARTS) is 1. The maximum Gasteiger partial charge on any atom is 0.310 e. The smallest absolute Gasteiger partial charge is 0.310 e. The van der Waals surface area contributed by atoms with Crippen LogP contribution >= 0.6 is 0 Å². The number of rotatable bonds is 5. The van der Waals surface area contributed by atoms with Crippen LogP contribution in [0.15, 0.2) is 18.5 Å². The number of nitrogens with one attached hydrogen (secondary N) is 2. The van der Waals surface area contributed by atoms with E-state index in [1.165, 1.54) is 0 Å². The molecule has 0 unspecified atom stereocenters. The van der Waals surface area contributed by atoms with Crippen molar-refractivity contribution in [1.82, 2.24) is 10.3 Å². The second kappa shape index (κ2) is 4.06. The van der Waals surface area contributed by atoms with E-state index in [1.807, 2.05) is 18.5 Å². The number of aromatic nitrogens is 1. The molecule has 0 aromatic carbocycles. The van der Waals surface area contributed by atoms with Crippen LogP contribution < -0.4 is 5.32 Å². The van der Waals surface area contributed by atoms with Crippen LogP contribution in [0.25, 0.3) is 0 Å². The van der Waals surface area contributed by atoms with Crippen LogP contribution in [0.3, 0.4) is 0 Å². The minimum atomic E-state index is -0.657. The summed E-state index contributed by atoms with van der Waals surface area (Å²) in [5.41, 5.74) is 0.672. The molecule has 1 saturated carbocycles. The SMILES string of the molecule is O=C(O)C1(CNCc2cc[nH]c2)CCC1. The van der Waals surface area contributed by atoms with Gasteiger partial charge in [0.15, 0.2) is 0 Å². The molecule has 0 amide bonds. The zero-order valence-corrected chi connectivity index (χ0v) is 8.62. The molecule has 4 nitrogen and oxygen atoms in total. The third-order valence-electron chi connectivity index (χ3n) is 3.22. The van der Waals surface area contributed by atoms with E-state index in [9.17, 15) is 4.79 Å². The van der Waals surface area contributed by atoms with Gasteiger partial charge in [-0.25, -0.2) is 0 Å². The number of hydrogen-bond acceptors (Lipinski definition) is 2. The van der Waals surface area contributed by atoms with E-state index in [0.717, 1.165) is 31.4 Å². The Bertz CT molecular complexity index is 328. The normalized spacial score (nSPS) is 18.4. The van der Waals surface area contributed by atoms with Crippen molar-refractivity contribution in [1.29, 1.82) is 0 Å². The Labute approximate surface area is 88.7 Å². The molecule has 4 heteroatoms. The molecular formula is C11H16N2O2. The topological polar surface area (TPSA) is 65.1 Å². The summed E-state index contributed by atoms with van der Waals surface area (Å²) in [5, 5.41) is 12.3. The zero-order chi connectivity index (χ0) is 10.7. The molecule has 1 aromatic heterocycles. The van der Waals surface area contributed by atoms with Gasteiger partial charge in [0.2, 0.25) is 0 Å². The summed E-state index contributed by atoms with van der Waals surface area (Å²) in [6.45, 7) is 1.31. The van der Waals surface area contributed by atoms with Gasteiger partial charge in [0.1, 0.15) is 0 Å². The first-order valence-electron chi connectivity index (χ1n) is 5.29. The van der Waals surface area contributed by atoms with E-state index in [2.05, 4.69) is 10.3 Å². The third-order valence-corrected chi connectivity index (χ3v) is 3.22. The number of H-pyrrole nitrogens is 1. The van der Waals surface area contributed by atoms with E-state index < -0.39 is 11.4 Å². The molecule has 1 aliphatic carbocycles. The highest BCUT2D eigenvalue weighted by molar-refractivity contribution is 5.76. The Morgan fingerprint density at radius 3 is 2.87 bits per heavy atom. The van der Waals surface area contributed by atoms with E-state index in [4.69, 9.17) is 5.11 Å². The highest BCUT2D eigenvalue weighted by atomic mass is 16.4. The summed E-state index contributed by atoms with van der Waals surface area (Å²) in [4.78, 5) is 14.0. The summed E-state index contributed by atoms with van der Waals surface area (Å²) >= 11 is 0. The molecule has 0 aliphatic heterocycles. The highest BCUT2D eigenvalue weighted by Gasteiger charge is 2.43. The predicted octanol–water partition coefficient (Wildman–Crippen LogP) is 1.36. The fourth-order valence-electron chi connectivity index (χ4n) is 1.98. The van der Waals surface area contributed by atoms with Crippen molar-refractivity contribution < 1.29 is 9.90 Å². The molecule has 0 radical (unpaired) electrons. The van der Waals surface area contributed by atoms with Gasteiger partial charge in [0.05, 0.1) is 5.41 Å². The molecule has 2 rings (SSSR count). The maximum absolute atomic E-state index is 11.0. The fraction of sp³-hybridized carbons (Fsp3) is 0.545. The van der Waals surface area contributed by atoms with Gasteiger partial charge in [-0.05, 0) is 24.5 Å². The number of carboxylic acids is 1. The number of carbonyl (C=O) groups is 1. The van der Waals surface area contributed by atoms with Crippen LogP contribution in [0, 0.1) is 5.41 Å². The molecule has 1 heterocycles. The van der Waals surface area contributed by atoms with E-state index in [1.54, 1.807) is 0 Å². The molecule has 0 saturated heterocycles. The van der Waals surface area contributed by atoms with Gasteiger partial charge in [-0.15, -0.1) is 0 Å². The lowest BCUT2D eigenvalue weighted by atomic mass is 9.69. The van der Waals surface area contributed by atoms with Crippen molar-refractivity contribution in [2.75, 3.05) is 6.54 Å². The lowest BCUT2D eigenvalue weighted by molar-refractivity contribution is -0.154. The summed E-state index contributed by atoms with van der Waals surface area (Å²) in [7, 11) is 0. The average molecular weight is 208 g/mol. The van der Waals surface area contributed by atoms with Crippen LogP contribution in [0.5, 0.6) is 0 Å². The van der Waals surface area contributed by atoms with Crippen molar-refractivity contribution in [3.8, 4) is 0 Å². The van der Waals surface area contributed by atoms with E-state index >= 15 is 0 Å². The predicted molar refractivity (Wildman–Crippen MR) is 56.4 cm³/mol. The Morgan fingerprint density at radius 2 is 2.40 bits per heavy atom. The van der Waals surface area contributed by atoms with Crippen LogP contribution in [0.4, 0.5) is 0 Å². The Morgan fingerprint density at radius 1 is 1.60 bits per heavy atom. The first-order valence-corrected chi connectivity index (χ1v) is 5.29. The summed E-state index contributed by atoms with van der Waals surface area (Å²) in [5.74, 6) is -0.657. The number of hydrogen-bond donors (Lipinski definition) is 3. The summed E-state index contributed by atoms with van der Waals surface area (Å²) in [6.07, 6.45) is 6.44. The second-order valence-electron chi connectivity index (χ2n) is 4.26. The monoisotopic (exact) mass is 208 g/mol. The minimum Gasteiger partial charge on any atom is -0.481 e. The van der Waals surface area contributed by atoms with Crippen LogP contribution in [-0.2, 0) is 11.3 Å². The number of aliphatic carboxylic acids is 1. The van der Waals surface area contributed by atoms with Gasteiger partial charge in [0.25, 0.3) is 0 Å². The molecular weight excluding hydrogens is 192 g/mol. The van der Waals surface area contributed by atoms with Crippen molar-refractivity contribution in [3.63, 3.8) is 0 Å². The van der Waals surface area contributed by atoms with Crippen LogP contribution in [0.1, 0.15) is 24.8 Å².